The lowest BCUT2D eigenvalue weighted by Crippen LogP contribution is -2.42. The Morgan fingerprint density at radius 3 is 2.71 bits per heavy atom. The molecule has 5 heteroatoms. The average Bonchev–Trinajstić information content (AvgIpc) is 2.90. The van der Waals surface area contributed by atoms with Gasteiger partial charge in [-0.2, -0.15) is 0 Å². The summed E-state index contributed by atoms with van der Waals surface area (Å²) in [5.41, 5.74) is 1.34. The van der Waals surface area contributed by atoms with Gasteiger partial charge in [0, 0.05) is 36.0 Å². The summed E-state index contributed by atoms with van der Waals surface area (Å²) in [4.78, 5) is 4.11. The molecule has 0 bridgehead atoms. The normalized spacial score (nSPS) is 13.4. The van der Waals surface area contributed by atoms with Crippen LogP contribution >= 0.6 is 27.5 Å². The number of nitrogens with zero attached hydrogens (tertiary/aromatic N) is 2. The Hall–Kier alpha value is -0.840. The standard InChI is InChI=1S/C16H21BrClN3/c1-16(2,3)15(10-21-7-6-19-11-21)20-9-12-4-5-13(17)14(18)8-12/h4-8,11,15,20H,9-10H2,1-3H3. The van der Waals surface area contributed by atoms with E-state index in [1.165, 1.54) is 5.56 Å². The Morgan fingerprint density at radius 1 is 1.38 bits per heavy atom. The highest BCUT2D eigenvalue weighted by molar-refractivity contribution is 9.10. The largest absolute Gasteiger partial charge is 0.336 e. The molecule has 1 N–H and O–H groups in total. The maximum atomic E-state index is 6.15. The van der Waals surface area contributed by atoms with Crippen LogP contribution in [0.4, 0.5) is 0 Å². The van der Waals surface area contributed by atoms with Crippen molar-refractivity contribution >= 4 is 27.5 Å². The van der Waals surface area contributed by atoms with Crippen molar-refractivity contribution in [3.05, 3.63) is 52.0 Å². The highest BCUT2D eigenvalue weighted by Gasteiger charge is 2.24. The Labute approximate surface area is 139 Å². The second-order valence-electron chi connectivity index (χ2n) is 6.31. The van der Waals surface area contributed by atoms with Gasteiger partial charge in [-0.1, -0.05) is 38.4 Å². The molecule has 0 aliphatic rings. The zero-order valence-electron chi connectivity index (χ0n) is 12.6. The van der Waals surface area contributed by atoms with Gasteiger partial charge in [-0.05, 0) is 39.0 Å². The summed E-state index contributed by atoms with van der Waals surface area (Å²) in [7, 11) is 0. The van der Waals surface area contributed by atoms with Gasteiger partial charge in [-0.15, -0.1) is 0 Å². The number of aromatic nitrogens is 2. The molecule has 0 aliphatic carbocycles. The van der Waals surface area contributed by atoms with E-state index in [-0.39, 0.29) is 5.41 Å². The van der Waals surface area contributed by atoms with Gasteiger partial charge >= 0.3 is 0 Å². The van der Waals surface area contributed by atoms with Crippen molar-refractivity contribution in [3.8, 4) is 0 Å². The van der Waals surface area contributed by atoms with Crippen LogP contribution in [0.1, 0.15) is 26.3 Å². The molecule has 2 rings (SSSR count). The first-order chi connectivity index (χ1) is 9.86. The molecule has 1 aromatic heterocycles. The van der Waals surface area contributed by atoms with Crippen LogP contribution in [-0.2, 0) is 13.1 Å². The summed E-state index contributed by atoms with van der Waals surface area (Å²) < 4.78 is 3.04. The molecule has 1 heterocycles. The van der Waals surface area contributed by atoms with Crippen molar-refractivity contribution in [2.45, 2.75) is 39.9 Å². The summed E-state index contributed by atoms with van der Waals surface area (Å²) in [5.74, 6) is 0. The fraction of sp³-hybridized carbons (Fsp3) is 0.438. The van der Waals surface area contributed by atoms with E-state index in [1.807, 2.05) is 30.9 Å². The molecule has 1 aromatic carbocycles. The van der Waals surface area contributed by atoms with Crippen LogP contribution < -0.4 is 5.32 Å². The topological polar surface area (TPSA) is 29.9 Å². The van der Waals surface area contributed by atoms with Crippen LogP contribution in [0.5, 0.6) is 0 Å². The highest BCUT2D eigenvalue weighted by Crippen LogP contribution is 2.24. The van der Waals surface area contributed by atoms with E-state index in [0.717, 1.165) is 22.6 Å². The van der Waals surface area contributed by atoms with Gasteiger partial charge in [0.15, 0.2) is 0 Å². The maximum absolute atomic E-state index is 6.15. The molecule has 21 heavy (non-hydrogen) atoms. The van der Waals surface area contributed by atoms with Crippen LogP contribution in [0.25, 0.3) is 0 Å². The molecule has 3 nitrogen and oxygen atoms in total. The number of halogens is 2. The fourth-order valence-electron chi connectivity index (χ4n) is 2.14. The van der Waals surface area contributed by atoms with Crippen molar-refractivity contribution < 1.29 is 0 Å². The van der Waals surface area contributed by atoms with E-state index >= 15 is 0 Å². The molecule has 0 saturated carbocycles. The smallest absolute Gasteiger partial charge is 0.0946 e. The monoisotopic (exact) mass is 369 g/mol. The average molecular weight is 371 g/mol. The van der Waals surface area contributed by atoms with Gasteiger partial charge in [0.1, 0.15) is 0 Å². The first-order valence-corrected chi connectivity index (χ1v) is 8.16. The van der Waals surface area contributed by atoms with Gasteiger partial charge in [0.25, 0.3) is 0 Å². The fourth-order valence-corrected chi connectivity index (χ4v) is 2.59. The van der Waals surface area contributed by atoms with Gasteiger partial charge in [0.2, 0.25) is 0 Å². The number of rotatable bonds is 5. The minimum atomic E-state index is 0.156. The molecule has 0 radical (unpaired) electrons. The van der Waals surface area contributed by atoms with E-state index in [4.69, 9.17) is 11.6 Å². The van der Waals surface area contributed by atoms with Gasteiger partial charge < -0.3 is 9.88 Å². The third-order valence-electron chi connectivity index (χ3n) is 3.53. The molecule has 0 saturated heterocycles. The third-order valence-corrected chi connectivity index (χ3v) is 4.77. The number of hydrogen-bond acceptors (Lipinski definition) is 2. The Bertz CT molecular complexity index is 576. The summed E-state index contributed by atoms with van der Waals surface area (Å²) in [6.07, 6.45) is 5.67. The third kappa shape index (κ3) is 4.83. The van der Waals surface area contributed by atoms with Crippen LogP contribution in [-0.4, -0.2) is 15.6 Å². The Kier molecular flexibility index (Phi) is 5.47. The summed E-state index contributed by atoms with van der Waals surface area (Å²) in [5, 5.41) is 4.38. The molecule has 0 aliphatic heterocycles. The molecule has 0 fully saturated rings. The van der Waals surface area contributed by atoms with Crippen molar-refractivity contribution in [2.24, 2.45) is 5.41 Å². The van der Waals surface area contributed by atoms with Crippen molar-refractivity contribution in [1.82, 2.24) is 14.9 Å². The van der Waals surface area contributed by atoms with Gasteiger partial charge in [-0.25, -0.2) is 4.98 Å². The minimum Gasteiger partial charge on any atom is -0.336 e. The van der Waals surface area contributed by atoms with Crippen LogP contribution in [0.3, 0.4) is 0 Å². The lowest BCUT2D eigenvalue weighted by Gasteiger charge is -2.32. The van der Waals surface area contributed by atoms with E-state index in [0.29, 0.717) is 6.04 Å². The van der Waals surface area contributed by atoms with E-state index < -0.39 is 0 Å². The second-order valence-corrected chi connectivity index (χ2v) is 7.57. The Balaban J connectivity index is 2.03. The molecule has 114 valence electrons. The zero-order valence-corrected chi connectivity index (χ0v) is 14.9. The molecular weight excluding hydrogens is 350 g/mol. The van der Waals surface area contributed by atoms with Crippen molar-refractivity contribution in [1.29, 1.82) is 0 Å². The Morgan fingerprint density at radius 2 is 2.14 bits per heavy atom. The van der Waals surface area contributed by atoms with E-state index in [2.05, 4.69) is 57.6 Å². The molecule has 2 aromatic rings. The maximum Gasteiger partial charge on any atom is 0.0946 e. The summed E-state index contributed by atoms with van der Waals surface area (Å²) in [6, 6.07) is 6.41. The summed E-state index contributed by atoms with van der Waals surface area (Å²) in [6.45, 7) is 8.43. The van der Waals surface area contributed by atoms with Crippen LogP contribution in [0.15, 0.2) is 41.4 Å². The number of imidazole rings is 1. The molecule has 0 spiro atoms. The first kappa shape index (κ1) is 16.5. The van der Waals surface area contributed by atoms with Crippen molar-refractivity contribution in [2.75, 3.05) is 0 Å². The number of hydrogen-bond donors (Lipinski definition) is 1. The second kappa shape index (κ2) is 6.95. The molecule has 0 amide bonds. The van der Waals surface area contributed by atoms with E-state index in [9.17, 15) is 0 Å². The predicted octanol–water partition coefficient (Wildman–Crippen LogP) is 4.50. The summed E-state index contributed by atoms with van der Waals surface area (Å²) >= 11 is 9.57. The lowest BCUT2D eigenvalue weighted by molar-refractivity contribution is 0.240. The first-order valence-electron chi connectivity index (χ1n) is 6.99. The molecular formula is C16H21BrClN3. The van der Waals surface area contributed by atoms with Crippen LogP contribution in [0, 0.1) is 5.41 Å². The van der Waals surface area contributed by atoms with E-state index in [1.54, 1.807) is 0 Å². The van der Waals surface area contributed by atoms with Gasteiger partial charge in [-0.3, -0.25) is 0 Å². The predicted molar refractivity (Wildman–Crippen MR) is 91.5 cm³/mol. The van der Waals surface area contributed by atoms with Gasteiger partial charge in [0.05, 0.1) is 11.3 Å². The van der Waals surface area contributed by atoms with Crippen LogP contribution in [0.2, 0.25) is 5.02 Å². The molecule has 1 unspecified atom stereocenters. The number of nitrogens with one attached hydrogen (secondary N) is 1. The minimum absolute atomic E-state index is 0.156. The molecule has 1 atom stereocenters. The SMILES string of the molecule is CC(C)(C)C(Cn1ccnc1)NCc1ccc(Br)c(Cl)c1. The van der Waals surface area contributed by atoms with Crippen molar-refractivity contribution in [3.63, 3.8) is 0 Å². The quantitative estimate of drug-likeness (QED) is 0.839. The lowest BCUT2D eigenvalue weighted by atomic mass is 9.86. The zero-order chi connectivity index (χ0) is 15.5. The highest BCUT2D eigenvalue weighted by atomic mass is 79.9. The number of benzene rings is 1.